The van der Waals surface area contributed by atoms with Gasteiger partial charge in [-0.05, 0) is 31.5 Å². The van der Waals surface area contributed by atoms with Crippen LogP contribution >= 0.6 is 0 Å². The molecule has 0 atom stereocenters. The summed E-state index contributed by atoms with van der Waals surface area (Å²) in [6.45, 7) is 3.91. The van der Waals surface area contributed by atoms with E-state index in [1.54, 1.807) is 6.07 Å². The average Bonchev–Trinajstić information content (AvgIpc) is 2.41. The number of hydrogen-bond donors (Lipinski definition) is 1. The van der Waals surface area contributed by atoms with E-state index in [0.717, 1.165) is 5.56 Å². The highest BCUT2D eigenvalue weighted by molar-refractivity contribution is 5.88. The van der Waals surface area contributed by atoms with Gasteiger partial charge in [0, 0.05) is 11.8 Å². The van der Waals surface area contributed by atoms with Crippen LogP contribution in [-0.2, 0) is 6.42 Å². The molecule has 2 aromatic rings. The standard InChI is InChI=1S/C15H15NO3/c1-3-12-8-11(15(17)18)9-14(16-12)19-13-6-4-10(2)5-7-13/h4-9H,3H2,1-2H3,(H,17,18). The first kappa shape index (κ1) is 13.1. The summed E-state index contributed by atoms with van der Waals surface area (Å²) in [5, 5.41) is 9.05. The number of benzene rings is 1. The number of carboxylic acids is 1. The van der Waals surface area contributed by atoms with Crippen molar-refractivity contribution in [2.45, 2.75) is 20.3 Å². The summed E-state index contributed by atoms with van der Waals surface area (Å²) in [6.07, 6.45) is 0.658. The van der Waals surface area contributed by atoms with Crippen molar-refractivity contribution in [3.8, 4) is 11.6 Å². The topological polar surface area (TPSA) is 59.4 Å². The minimum atomic E-state index is -0.981. The molecule has 0 saturated carbocycles. The van der Waals surface area contributed by atoms with Gasteiger partial charge in [0.25, 0.3) is 0 Å². The van der Waals surface area contributed by atoms with E-state index in [1.807, 2.05) is 38.1 Å². The molecule has 0 amide bonds. The van der Waals surface area contributed by atoms with Gasteiger partial charge >= 0.3 is 5.97 Å². The number of rotatable bonds is 4. The fourth-order valence-electron chi connectivity index (χ4n) is 1.64. The Labute approximate surface area is 111 Å². The Morgan fingerprint density at radius 2 is 1.95 bits per heavy atom. The van der Waals surface area contributed by atoms with Gasteiger partial charge in [-0.3, -0.25) is 0 Å². The zero-order valence-corrected chi connectivity index (χ0v) is 10.9. The van der Waals surface area contributed by atoms with Crippen LogP contribution in [0.2, 0.25) is 0 Å². The Bertz CT molecular complexity index is 591. The summed E-state index contributed by atoms with van der Waals surface area (Å²) >= 11 is 0. The Balaban J connectivity index is 2.31. The molecule has 1 N–H and O–H groups in total. The van der Waals surface area contributed by atoms with Crippen LogP contribution < -0.4 is 4.74 Å². The monoisotopic (exact) mass is 257 g/mol. The number of hydrogen-bond acceptors (Lipinski definition) is 3. The lowest BCUT2D eigenvalue weighted by Crippen LogP contribution is -2.01. The fraction of sp³-hybridized carbons (Fsp3) is 0.200. The number of aryl methyl sites for hydroxylation is 2. The quantitative estimate of drug-likeness (QED) is 0.911. The molecule has 4 nitrogen and oxygen atoms in total. The molecule has 0 unspecified atom stereocenters. The van der Waals surface area contributed by atoms with Gasteiger partial charge in [-0.25, -0.2) is 9.78 Å². The molecule has 0 aliphatic carbocycles. The molecule has 1 aromatic heterocycles. The maximum Gasteiger partial charge on any atom is 0.335 e. The van der Waals surface area contributed by atoms with E-state index in [2.05, 4.69) is 4.98 Å². The maximum atomic E-state index is 11.0. The molecular formula is C15H15NO3. The number of ether oxygens (including phenoxy) is 1. The van der Waals surface area contributed by atoms with Crippen molar-refractivity contribution in [1.29, 1.82) is 0 Å². The third kappa shape index (κ3) is 3.31. The largest absolute Gasteiger partial charge is 0.478 e. The highest BCUT2D eigenvalue weighted by Gasteiger charge is 2.09. The lowest BCUT2D eigenvalue weighted by Gasteiger charge is -2.07. The fourth-order valence-corrected chi connectivity index (χ4v) is 1.64. The molecule has 0 aliphatic heterocycles. The Morgan fingerprint density at radius 1 is 1.26 bits per heavy atom. The number of carbonyl (C=O) groups is 1. The zero-order chi connectivity index (χ0) is 13.8. The second-order valence-corrected chi connectivity index (χ2v) is 4.26. The number of nitrogens with zero attached hydrogens (tertiary/aromatic N) is 1. The van der Waals surface area contributed by atoms with Crippen molar-refractivity contribution in [2.75, 3.05) is 0 Å². The smallest absolute Gasteiger partial charge is 0.335 e. The Kier molecular flexibility index (Phi) is 3.80. The van der Waals surface area contributed by atoms with Crippen LogP contribution in [0.1, 0.15) is 28.5 Å². The van der Waals surface area contributed by atoms with Crippen LogP contribution in [0, 0.1) is 6.92 Å². The molecule has 0 radical (unpaired) electrons. The minimum absolute atomic E-state index is 0.189. The van der Waals surface area contributed by atoms with Gasteiger partial charge in [-0.2, -0.15) is 0 Å². The van der Waals surface area contributed by atoms with Crippen molar-refractivity contribution in [3.05, 3.63) is 53.2 Å². The van der Waals surface area contributed by atoms with Gasteiger partial charge in [0.2, 0.25) is 5.88 Å². The van der Waals surface area contributed by atoms with E-state index in [1.165, 1.54) is 6.07 Å². The van der Waals surface area contributed by atoms with Gasteiger partial charge < -0.3 is 9.84 Å². The zero-order valence-electron chi connectivity index (χ0n) is 10.9. The summed E-state index contributed by atoms with van der Waals surface area (Å²) < 4.78 is 5.59. The molecule has 0 bridgehead atoms. The molecule has 2 rings (SSSR count). The van der Waals surface area contributed by atoms with E-state index in [0.29, 0.717) is 23.7 Å². The highest BCUT2D eigenvalue weighted by atomic mass is 16.5. The first-order valence-corrected chi connectivity index (χ1v) is 6.07. The average molecular weight is 257 g/mol. The van der Waals surface area contributed by atoms with E-state index >= 15 is 0 Å². The van der Waals surface area contributed by atoms with Crippen molar-refractivity contribution in [2.24, 2.45) is 0 Å². The molecule has 1 heterocycles. The van der Waals surface area contributed by atoms with Crippen LogP contribution in [0.5, 0.6) is 11.6 Å². The molecular weight excluding hydrogens is 242 g/mol. The molecule has 98 valence electrons. The van der Waals surface area contributed by atoms with E-state index in [9.17, 15) is 4.79 Å². The van der Waals surface area contributed by atoms with Crippen molar-refractivity contribution in [3.63, 3.8) is 0 Å². The second-order valence-electron chi connectivity index (χ2n) is 4.26. The van der Waals surface area contributed by atoms with Gasteiger partial charge in [-0.1, -0.05) is 24.6 Å². The SMILES string of the molecule is CCc1cc(C(=O)O)cc(Oc2ccc(C)cc2)n1. The summed E-state index contributed by atoms with van der Waals surface area (Å²) in [5.41, 5.74) is 2.02. The molecule has 4 heteroatoms. The van der Waals surface area contributed by atoms with E-state index < -0.39 is 5.97 Å². The molecule has 0 spiro atoms. The van der Waals surface area contributed by atoms with E-state index in [4.69, 9.17) is 9.84 Å². The van der Waals surface area contributed by atoms with Crippen LogP contribution in [0.15, 0.2) is 36.4 Å². The summed E-state index contributed by atoms with van der Waals surface area (Å²) in [7, 11) is 0. The Morgan fingerprint density at radius 3 is 2.53 bits per heavy atom. The third-order valence-corrected chi connectivity index (χ3v) is 2.71. The van der Waals surface area contributed by atoms with Crippen LogP contribution in [0.25, 0.3) is 0 Å². The normalized spacial score (nSPS) is 10.2. The number of aromatic nitrogens is 1. The maximum absolute atomic E-state index is 11.0. The van der Waals surface area contributed by atoms with Crippen molar-refractivity contribution >= 4 is 5.97 Å². The van der Waals surface area contributed by atoms with Gasteiger partial charge in [0.05, 0.1) is 5.56 Å². The van der Waals surface area contributed by atoms with E-state index in [-0.39, 0.29) is 5.56 Å². The number of carboxylic acid groups (broad SMARTS) is 1. The number of aromatic carboxylic acids is 1. The van der Waals surface area contributed by atoms with Gasteiger partial charge in [0.15, 0.2) is 0 Å². The van der Waals surface area contributed by atoms with Crippen LogP contribution in [0.3, 0.4) is 0 Å². The second kappa shape index (κ2) is 5.52. The lowest BCUT2D eigenvalue weighted by atomic mass is 10.2. The summed E-state index contributed by atoms with van der Waals surface area (Å²) in [4.78, 5) is 15.3. The first-order chi connectivity index (χ1) is 9.08. The third-order valence-electron chi connectivity index (χ3n) is 2.71. The molecule has 0 saturated heterocycles. The van der Waals surface area contributed by atoms with Crippen molar-refractivity contribution < 1.29 is 14.6 Å². The van der Waals surface area contributed by atoms with Crippen LogP contribution in [-0.4, -0.2) is 16.1 Å². The van der Waals surface area contributed by atoms with Gasteiger partial charge in [0.1, 0.15) is 5.75 Å². The highest BCUT2D eigenvalue weighted by Crippen LogP contribution is 2.21. The Hall–Kier alpha value is -2.36. The van der Waals surface area contributed by atoms with Gasteiger partial charge in [-0.15, -0.1) is 0 Å². The first-order valence-electron chi connectivity index (χ1n) is 6.07. The predicted molar refractivity (Wildman–Crippen MR) is 71.8 cm³/mol. The summed E-state index contributed by atoms with van der Waals surface area (Å²) in [6, 6.07) is 10.5. The predicted octanol–water partition coefficient (Wildman–Crippen LogP) is 3.44. The summed E-state index contributed by atoms with van der Waals surface area (Å²) in [5.74, 6) is -0.0332. The van der Waals surface area contributed by atoms with Crippen LogP contribution in [0.4, 0.5) is 0 Å². The minimum Gasteiger partial charge on any atom is -0.478 e. The molecule has 0 aliphatic rings. The number of pyridine rings is 1. The molecule has 1 aromatic carbocycles. The lowest BCUT2D eigenvalue weighted by molar-refractivity contribution is 0.0696. The molecule has 19 heavy (non-hydrogen) atoms. The molecule has 0 fully saturated rings. The van der Waals surface area contributed by atoms with Crippen molar-refractivity contribution in [1.82, 2.24) is 4.98 Å².